The Hall–Kier alpha value is -3.03. The quantitative estimate of drug-likeness (QED) is 0.391. The molecule has 3 aromatic rings. The highest BCUT2D eigenvalue weighted by Crippen LogP contribution is 2.42. The van der Waals surface area contributed by atoms with Crippen LogP contribution in [0.1, 0.15) is 60.6 Å². The molecule has 3 aromatic carbocycles. The minimum absolute atomic E-state index is 0.0357. The van der Waals surface area contributed by atoms with Crippen molar-refractivity contribution in [2.24, 2.45) is 0 Å². The van der Waals surface area contributed by atoms with Crippen molar-refractivity contribution >= 4 is 33.2 Å². The lowest BCUT2D eigenvalue weighted by atomic mass is 9.83. The topological polar surface area (TPSA) is 84.5 Å². The first kappa shape index (κ1) is 25.1. The van der Waals surface area contributed by atoms with Crippen LogP contribution in [-0.2, 0) is 10.0 Å². The number of rotatable bonds is 7. The van der Waals surface area contributed by atoms with E-state index < -0.39 is 10.0 Å². The maximum absolute atomic E-state index is 13.3. The van der Waals surface area contributed by atoms with Crippen molar-refractivity contribution in [3.8, 4) is 5.75 Å². The SMILES string of the molecule is CCC1(CC)C[C@@H](NC(=O)c2ccc(Cl)c(S(=O)(=O)Nc3ccc(C)cc3)c2)c2ccccc2O1. The molecular weight excluding hydrogens is 484 g/mol. The molecule has 1 aliphatic heterocycles. The molecule has 6 nitrogen and oxygen atoms in total. The van der Waals surface area contributed by atoms with E-state index in [4.69, 9.17) is 16.3 Å². The summed E-state index contributed by atoms with van der Waals surface area (Å²) < 4.78 is 35.0. The Morgan fingerprint density at radius 3 is 2.43 bits per heavy atom. The molecule has 35 heavy (non-hydrogen) atoms. The number of hydrogen-bond acceptors (Lipinski definition) is 4. The summed E-state index contributed by atoms with van der Waals surface area (Å²) >= 11 is 6.24. The minimum atomic E-state index is -4.00. The summed E-state index contributed by atoms with van der Waals surface area (Å²) in [4.78, 5) is 13.1. The van der Waals surface area contributed by atoms with E-state index in [-0.39, 0.29) is 33.0 Å². The van der Waals surface area contributed by atoms with Gasteiger partial charge in [-0.15, -0.1) is 0 Å². The van der Waals surface area contributed by atoms with Crippen LogP contribution < -0.4 is 14.8 Å². The summed E-state index contributed by atoms with van der Waals surface area (Å²) in [6.07, 6.45) is 2.23. The van der Waals surface area contributed by atoms with Gasteiger partial charge in [0, 0.05) is 23.2 Å². The summed E-state index contributed by atoms with van der Waals surface area (Å²) in [7, 11) is -4.00. The third-order valence-electron chi connectivity index (χ3n) is 6.58. The first-order chi connectivity index (χ1) is 16.7. The summed E-state index contributed by atoms with van der Waals surface area (Å²) in [5, 5.41) is 3.13. The Morgan fingerprint density at radius 1 is 1.06 bits per heavy atom. The smallest absolute Gasteiger partial charge is 0.263 e. The van der Waals surface area contributed by atoms with Crippen LogP contribution in [0.25, 0.3) is 0 Å². The third kappa shape index (κ3) is 5.31. The van der Waals surface area contributed by atoms with Crippen LogP contribution in [0.3, 0.4) is 0 Å². The zero-order valence-electron chi connectivity index (χ0n) is 20.0. The molecule has 0 radical (unpaired) electrons. The van der Waals surface area contributed by atoms with Gasteiger partial charge in [0.05, 0.1) is 11.1 Å². The van der Waals surface area contributed by atoms with Gasteiger partial charge >= 0.3 is 0 Å². The van der Waals surface area contributed by atoms with Gasteiger partial charge < -0.3 is 10.1 Å². The van der Waals surface area contributed by atoms with Gasteiger partial charge in [0.25, 0.3) is 15.9 Å². The van der Waals surface area contributed by atoms with Crippen LogP contribution in [0.4, 0.5) is 5.69 Å². The molecule has 1 heterocycles. The maximum Gasteiger partial charge on any atom is 0.263 e. The fraction of sp³-hybridized carbons (Fsp3) is 0.296. The zero-order chi connectivity index (χ0) is 25.2. The van der Waals surface area contributed by atoms with Crippen LogP contribution in [-0.4, -0.2) is 19.9 Å². The number of fused-ring (bicyclic) bond motifs is 1. The van der Waals surface area contributed by atoms with E-state index in [2.05, 4.69) is 23.9 Å². The molecule has 0 aromatic heterocycles. The molecule has 0 saturated heterocycles. The minimum Gasteiger partial charge on any atom is -0.487 e. The lowest BCUT2D eigenvalue weighted by Gasteiger charge is -2.41. The molecule has 2 N–H and O–H groups in total. The Bertz CT molecular complexity index is 1340. The zero-order valence-corrected chi connectivity index (χ0v) is 21.5. The van der Waals surface area contributed by atoms with Crippen LogP contribution in [0, 0.1) is 6.92 Å². The number of aryl methyl sites for hydroxylation is 1. The maximum atomic E-state index is 13.3. The lowest BCUT2D eigenvalue weighted by molar-refractivity contribution is 0.0227. The normalized spacial score (nSPS) is 16.6. The van der Waals surface area contributed by atoms with E-state index in [0.29, 0.717) is 12.1 Å². The van der Waals surface area contributed by atoms with Crippen LogP contribution in [0.15, 0.2) is 71.6 Å². The number of halogens is 1. The van der Waals surface area contributed by atoms with Crippen molar-refractivity contribution in [1.29, 1.82) is 0 Å². The van der Waals surface area contributed by atoms with Crippen molar-refractivity contribution in [3.05, 3.63) is 88.4 Å². The monoisotopic (exact) mass is 512 g/mol. The molecule has 0 bridgehead atoms. The average molecular weight is 513 g/mol. The van der Waals surface area contributed by atoms with E-state index in [9.17, 15) is 13.2 Å². The second-order valence-corrected chi connectivity index (χ2v) is 10.9. The molecule has 184 valence electrons. The van der Waals surface area contributed by atoms with Crippen molar-refractivity contribution < 1.29 is 17.9 Å². The van der Waals surface area contributed by atoms with E-state index in [1.807, 2.05) is 43.3 Å². The first-order valence-corrected chi connectivity index (χ1v) is 13.5. The number of carbonyl (C=O) groups excluding carboxylic acids is 1. The van der Waals surface area contributed by atoms with Gasteiger partial charge in [0.1, 0.15) is 16.2 Å². The number of carbonyl (C=O) groups is 1. The van der Waals surface area contributed by atoms with E-state index in [1.54, 1.807) is 12.1 Å². The van der Waals surface area contributed by atoms with E-state index >= 15 is 0 Å². The molecule has 0 fully saturated rings. The number of nitrogens with one attached hydrogen (secondary N) is 2. The summed E-state index contributed by atoms with van der Waals surface area (Å²) in [6.45, 7) is 6.07. The van der Waals surface area contributed by atoms with Gasteiger partial charge in [-0.2, -0.15) is 0 Å². The number of para-hydroxylation sites is 1. The average Bonchev–Trinajstić information content (AvgIpc) is 2.85. The highest BCUT2D eigenvalue weighted by Gasteiger charge is 2.39. The summed E-state index contributed by atoms with van der Waals surface area (Å²) in [5.74, 6) is 0.380. The summed E-state index contributed by atoms with van der Waals surface area (Å²) in [6, 6.07) is 18.6. The Balaban J connectivity index is 1.61. The molecule has 0 spiro atoms. The van der Waals surface area contributed by atoms with E-state index in [0.717, 1.165) is 29.7 Å². The van der Waals surface area contributed by atoms with Gasteiger partial charge in [-0.05, 0) is 56.2 Å². The fourth-order valence-corrected chi connectivity index (χ4v) is 5.94. The van der Waals surface area contributed by atoms with Gasteiger partial charge in [-0.1, -0.05) is 61.3 Å². The molecule has 4 rings (SSSR count). The van der Waals surface area contributed by atoms with Crippen molar-refractivity contribution in [3.63, 3.8) is 0 Å². The third-order valence-corrected chi connectivity index (χ3v) is 8.44. The van der Waals surface area contributed by atoms with E-state index in [1.165, 1.54) is 18.2 Å². The molecule has 8 heteroatoms. The van der Waals surface area contributed by atoms with Crippen LogP contribution >= 0.6 is 11.6 Å². The molecule has 0 unspecified atom stereocenters. The number of amides is 1. The van der Waals surface area contributed by atoms with Gasteiger partial charge in [-0.3, -0.25) is 9.52 Å². The predicted octanol–water partition coefficient (Wildman–Crippen LogP) is 6.26. The second-order valence-electron chi connectivity index (χ2n) is 8.88. The number of anilines is 1. The fourth-order valence-electron chi connectivity index (χ4n) is 4.35. The number of benzene rings is 3. The Morgan fingerprint density at radius 2 is 1.74 bits per heavy atom. The largest absolute Gasteiger partial charge is 0.487 e. The van der Waals surface area contributed by atoms with Crippen LogP contribution in [0.5, 0.6) is 5.75 Å². The van der Waals surface area contributed by atoms with Gasteiger partial charge in [0.15, 0.2) is 0 Å². The van der Waals surface area contributed by atoms with Gasteiger partial charge in [-0.25, -0.2) is 8.42 Å². The standard InChI is InChI=1S/C27H29ClN2O4S/c1-4-27(5-2)17-23(21-8-6-7-9-24(21)34-27)29-26(31)19-12-15-22(28)25(16-19)35(32,33)30-20-13-10-18(3)11-14-20/h6-16,23,30H,4-5,17H2,1-3H3,(H,29,31)/t23-/m1/s1. The molecule has 1 amide bonds. The van der Waals surface area contributed by atoms with Crippen molar-refractivity contribution in [2.45, 2.75) is 56.6 Å². The molecule has 0 saturated carbocycles. The summed E-state index contributed by atoms with van der Waals surface area (Å²) in [5.41, 5.74) is 2.16. The number of sulfonamides is 1. The first-order valence-electron chi connectivity index (χ1n) is 11.6. The molecule has 1 aliphatic rings. The highest BCUT2D eigenvalue weighted by molar-refractivity contribution is 7.92. The Kier molecular flexibility index (Phi) is 7.10. The molecule has 1 atom stereocenters. The predicted molar refractivity (Wildman–Crippen MR) is 139 cm³/mol. The Labute approximate surface area is 211 Å². The molecule has 0 aliphatic carbocycles. The number of hydrogen-bond donors (Lipinski definition) is 2. The van der Waals surface area contributed by atoms with Crippen LogP contribution in [0.2, 0.25) is 5.02 Å². The number of ether oxygens (including phenoxy) is 1. The molecular formula is C27H29ClN2O4S. The second kappa shape index (κ2) is 9.91. The van der Waals surface area contributed by atoms with Crippen molar-refractivity contribution in [1.82, 2.24) is 5.32 Å². The van der Waals surface area contributed by atoms with Crippen molar-refractivity contribution in [2.75, 3.05) is 4.72 Å². The highest BCUT2D eigenvalue weighted by atomic mass is 35.5. The van der Waals surface area contributed by atoms with Gasteiger partial charge in [0.2, 0.25) is 0 Å². The lowest BCUT2D eigenvalue weighted by Crippen LogP contribution is -2.44.